The van der Waals surface area contributed by atoms with Crippen LogP contribution in [0.15, 0.2) is 18.2 Å². The third-order valence-corrected chi connectivity index (χ3v) is 5.26. The van der Waals surface area contributed by atoms with E-state index in [0.29, 0.717) is 5.92 Å². The highest BCUT2D eigenvalue weighted by Crippen LogP contribution is 2.26. The molecule has 130 valence electrons. The lowest BCUT2D eigenvalue weighted by Crippen LogP contribution is -2.56. The SMILES string of the molecule is Cc1[nH]c2c(CN3CCN(CC(C)C)C(=O)[C@H]3C)cccc2c1C. The molecule has 0 saturated carbocycles. The molecule has 1 aromatic carbocycles. The Labute approximate surface area is 144 Å². The molecule has 2 heterocycles. The van der Waals surface area contributed by atoms with E-state index < -0.39 is 0 Å². The number of aryl methyl sites for hydroxylation is 2. The first-order valence-corrected chi connectivity index (χ1v) is 8.98. The number of fused-ring (bicyclic) bond motifs is 1. The van der Waals surface area contributed by atoms with Crippen molar-refractivity contribution in [2.24, 2.45) is 5.92 Å². The summed E-state index contributed by atoms with van der Waals surface area (Å²) in [6, 6.07) is 6.42. The van der Waals surface area contributed by atoms with Crippen LogP contribution in [-0.4, -0.2) is 46.4 Å². The van der Waals surface area contributed by atoms with Crippen LogP contribution < -0.4 is 0 Å². The van der Waals surface area contributed by atoms with E-state index >= 15 is 0 Å². The number of rotatable bonds is 4. The van der Waals surface area contributed by atoms with E-state index in [0.717, 1.165) is 26.2 Å². The van der Waals surface area contributed by atoms with E-state index in [1.54, 1.807) is 0 Å². The Bertz CT molecular complexity index is 747. The molecule has 4 nitrogen and oxygen atoms in total. The summed E-state index contributed by atoms with van der Waals surface area (Å²) >= 11 is 0. The number of carbonyl (C=O) groups is 1. The van der Waals surface area contributed by atoms with E-state index in [-0.39, 0.29) is 11.9 Å². The van der Waals surface area contributed by atoms with Gasteiger partial charge in [-0.3, -0.25) is 9.69 Å². The third-order valence-electron chi connectivity index (χ3n) is 5.26. The predicted octanol–water partition coefficient (Wildman–Crippen LogP) is 3.47. The second-order valence-electron chi connectivity index (χ2n) is 7.54. The first-order valence-electron chi connectivity index (χ1n) is 8.98. The molecule has 1 aliphatic rings. The summed E-state index contributed by atoms with van der Waals surface area (Å²) in [7, 11) is 0. The van der Waals surface area contributed by atoms with Gasteiger partial charge in [0, 0.05) is 37.3 Å². The number of benzene rings is 1. The predicted molar refractivity (Wildman–Crippen MR) is 99.1 cm³/mol. The molecule has 24 heavy (non-hydrogen) atoms. The van der Waals surface area contributed by atoms with E-state index in [1.807, 2.05) is 11.8 Å². The first kappa shape index (κ1) is 17.0. The number of amides is 1. The maximum Gasteiger partial charge on any atom is 0.239 e. The average molecular weight is 327 g/mol. The molecule has 1 amide bonds. The number of aromatic amines is 1. The molecule has 0 aliphatic carbocycles. The minimum absolute atomic E-state index is 0.0510. The number of para-hydroxylation sites is 1. The fraction of sp³-hybridized carbons (Fsp3) is 0.550. The van der Waals surface area contributed by atoms with Gasteiger partial charge in [0.15, 0.2) is 0 Å². The van der Waals surface area contributed by atoms with Crippen molar-refractivity contribution in [1.29, 1.82) is 0 Å². The summed E-state index contributed by atoms with van der Waals surface area (Å²) < 4.78 is 0. The molecule has 2 aromatic rings. The Balaban J connectivity index is 1.80. The summed E-state index contributed by atoms with van der Waals surface area (Å²) in [6.07, 6.45) is 0. The zero-order valence-electron chi connectivity index (χ0n) is 15.5. The molecule has 4 heteroatoms. The minimum atomic E-state index is -0.0510. The Kier molecular flexibility index (Phi) is 4.68. The van der Waals surface area contributed by atoms with Crippen molar-refractivity contribution in [1.82, 2.24) is 14.8 Å². The smallest absolute Gasteiger partial charge is 0.239 e. The van der Waals surface area contributed by atoms with Crippen LogP contribution >= 0.6 is 0 Å². The van der Waals surface area contributed by atoms with Gasteiger partial charge in [-0.25, -0.2) is 0 Å². The lowest BCUT2D eigenvalue weighted by molar-refractivity contribution is -0.141. The van der Waals surface area contributed by atoms with Crippen LogP contribution in [0, 0.1) is 19.8 Å². The van der Waals surface area contributed by atoms with Crippen LogP contribution in [0.3, 0.4) is 0 Å². The van der Waals surface area contributed by atoms with E-state index in [1.165, 1.54) is 27.7 Å². The Morgan fingerprint density at radius 1 is 1.25 bits per heavy atom. The molecular formula is C20H29N3O. The van der Waals surface area contributed by atoms with E-state index in [9.17, 15) is 4.79 Å². The number of hydrogen-bond donors (Lipinski definition) is 1. The van der Waals surface area contributed by atoms with Crippen LogP contribution in [0.2, 0.25) is 0 Å². The highest BCUT2D eigenvalue weighted by atomic mass is 16.2. The van der Waals surface area contributed by atoms with Gasteiger partial charge in [0.1, 0.15) is 0 Å². The Hall–Kier alpha value is -1.81. The van der Waals surface area contributed by atoms with Crippen molar-refractivity contribution in [3.63, 3.8) is 0 Å². The number of nitrogens with one attached hydrogen (secondary N) is 1. The van der Waals surface area contributed by atoms with Crippen LogP contribution in [-0.2, 0) is 11.3 Å². The zero-order valence-corrected chi connectivity index (χ0v) is 15.5. The number of H-pyrrole nitrogens is 1. The van der Waals surface area contributed by atoms with Gasteiger partial charge in [-0.15, -0.1) is 0 Å². The highest BCUT2D eigenvalue weighted by Gasteiger charge is 2.31. The van der Waals surface area contributed by atoms with Crippen molar-refractivity contribution < 1.29 is 4.79 Å². The third kappa shape index (κ3) is 3.07. The van der Waals surface area contributed by atoms with Gasteiger partial charge < -0.3 is 9.88 Å². The van der Waals surface area contributed by atoms with Crippen molar-refractivity contribution in [2.45, 2.75) is 47.2 Å². The molecule has 0 spiro atoms. The topological polar surface area (TPSA) is 39.3 Å². The molecule has 0 unspecified atom stereocenters. The molecule has 1 N–H and O–H groups in total. The van der Waals surface area contributed by atoms with Gasteiger partial charge in [-0.2, -0.15) is 0 Å². The standard InChI is InChI=1S/C20H29N3O/c1-13(2)11-23-10-9-22(16(5)20(23)24)12-17-7-6-8-18-14(3)15(4)21-19(17)18/h6-8,13,16,21H,9-12H2,1-5H3/t16-/m1/s1. The summed E-state index contributed by atoms with van der Waals surface area (Å²) in [4.78, 5) is 20.5. The van der Waals surface area contributed by atoms with Crippen LogP contribution in [0.5, 0.6) is 0 Å². The van der Waals surface area contributed by atoms with Crippen molar-refractivity contribution in [3.8, 4) is 0 Å². The minimum Gasteiger partial charge on any atom is -0.358 e. The molecule has 1 aliphatic heterocycles. The molecule has 1 aromatic heterocycles. The van der Waals surface area contributed by atoms with Crippen molar-refractivity contribution >= 4 is 16.8 Å². The van der Waals surface area contributed by atoms with Crippen LogP contribution in [0.1, 0.15) is 37.6 Å². The van der Waals surface area contributed by atoms with E-state index in [2.05, 4.69) is 55.8 Å². The van der Waals surface area contributed by atoms with Gasteiger partial charge in [0.25, 0.3) is 0 Å². The Morgan fingerprint density at radius 2 is 2.00 bits per heavy atom. The average Bonchev–Trinajstić information content (AvgIpc) is 2.83. The number of hydrogen-bond acceptors (Lipinski definition) is 2. The molecule has 1 atom stereocenters. The lowest BCUT2D eigenvalue weighted by atomic mass is 10.1. The molecular weight excluding hydrogens is 298 g/mol. The van der Waals surface area contributed by atoms with Gasteiger partial charge in [-0.1, -0.05) is 32.0 Å². The van der Waals surface area contributed by atoms with Crippen molar-refractivity contribution in [2.75, 3.05) is 19.6 Å². The molecule has 0 bridgehead atoms. The summed E-state index contributed by atoms with van der Waals surface area (Å²) in [5, 5.41) is 1.29. The Morgan fingerprint density at radius 3 is 2.71 bits per heavy atom. The maximum absolute atomic E-state index is 12.7. The van der Waals surface area contributed by atoms with Gasteiger partial charge in [0.2, 0.25) is 5.91 Å². The zero-order chi connectivity index (χ0) is 17.4. The van der Waals surface area contributed by atoms with Gasteiger partial charge in [0.05, 0.1) is 11.6 Å². The molecule has 0 radical (unpaired) electrons. The number of nitrogens with zero attached hydrogens (tertiary/aromatic N) is 2. The number of carbonyl (C=O) groups excluding carboxylic acids is 1. The lowest BCUT2D eigenvalue weighted by Gasteiger charge is -2.39. The fourth-order valence-electron chi connectivity index (χ4n) is 3.71. The fourth-order valence-corrected chi connectivity index (χ4v) is 3.71. The van der Waals surface area contributed by atoms with Gasteiger partial charge in [-0.05, 0) is 37.8 Å². The monoisotopic (exact) mass is 327 g/mol. The normalized spacial score (nSPS) is 19.7. The quantitative estimate of drug-likeness (QED) is 0.934. The second-order valence-corrected chi connectivity index (χ2v) is 7.54. The molecule has 1 saturated heterocycles. The van der Waals surface area contributed by atoms with Crippen LogP contribution in [0.4, 0.5) is 0 Å². The second kappa shape index (κ2) is 6.60. The first-order chi connectivity index (χ1) is 11.4. The highest BCUT2D eigenvalue weighted by molar-refractivity contribution is 5.87. The summed E-state index contributed by atoms with van der Waals surface area (Å²) in [6.45, 7) is 14.1. The summed E-state index contributed by atoms with van der Waals surface area (Å²) in [5.74, 6) is 0.785. The van der Waals surface area contributed by atoms with Crippen LogP contribution in [0.25, 0.3) is 10.9 Å². The largest absolute Gasteiger partial charge is 0.358 e. The maximum atomic E-state index is 12.7. The molecule has 1 fully saturated rings. The van der Waals surface area contributed by atoms with Crippen molar-refractivity contribution in [3.05, 3.63) is 35.0 Å². The number of piperazine rings is 1. The van der Waals surface area contributed by atoms with Gasteiger partial charge >= 0.3 is 0 Å². The molecule has 3 rings (SSSR count). The number of aromatic nitrogens is 1. The summed E-state index contributed by atoms with van der Waals surface area (Å²) in [5.41, 5.74) is 5.04. The van der Waals surface area contributed by atoms with E-state index in [4.69, 9.17) is 0 Å².